The SMILES string of the molecule is Cn1cc(N2CCCC(NC(=O)N3CCc4c(cccc4C(N)=O)C3)C2)cn1. The summed E-state index contributed by atoms with van der Waals surface area (Å²) < 4.78 is 1.79. The van der Waals surface area contributed by atoms with Crippen molar-refractivity contribution in [2.45, 2.75) is 31.8 Å². The van der Waals surface area contributed by atoms with Crippen LogP contribution in [0.2, 0.25) is 0 Å². The molecule has 8 nitrogen and oxygen atoms in total. The number of benzene rings is 1. The van der Waals surface area contributed by atoms with Gasteiger partial charge < -0.3 is 20.9 Å². The van der Waals surface area contributed by atoms with E-state index in [1.54, 1.807) is 10.7 Å². The summed E-state index contributed by atoms with van der Waals surface area (Å²) in [6, 6.07) is 5.61. The number of anilines is 1. The fourth-order valence-corrected chi connectivity index (χ4v) is 4.18. The van der Waals surface area contributed by atoms with Gasteiger partial charge >= 0.3 is 6.03 Å². The molecule has 1 aromatic carbocycles. The smallest absolute Gasteiger partial charge is 0.317 e. The summed E-state index contributed by atoms with van der Waals surface area (Å²) >= 11 is 0. The molecule has 0 saturated carbocycles. The first-order valence-corrected chi connectivity index (χ1v) is 9.71. The lowest BCUT2D eigenvalue weighted by Gasteiger charge is -2.36. The Morgan fingerprint density at radius 2 is 2.14 bits per heavy atom. The van der Waals surface area contributed by atoms with E-state index in [1.165, 1.54) is 0 Å². The molecule has 1 unspecified atom stereocenters. The number of primary amides is 1. The molecule has 28 heavy (non-hydrogen) atoms. The molecule has 2 aromatic rings. The van der Waals surface area contributed by atoms with Crippen LogP contribution >= 0.6 is 0 Å². The Kier molecular flexibility index (Phi) is 4.93. The highest BCUT2D eigenvalue weighted by Crippen LogP contribution is 2.23. The summed E-state index contributed by atoms with van der Waals surface area (Å²) in [4.78, 5) is 28.5. The molecule has 3 N–H and O–H groups in total. The van der Waals surface area contributed by atoms with E-state index in [-0.39, 0.29) is 12.1 Å². The number of urea groups is 1. The number of aromatic nitrogens is 2. The maximum atomic E-state index is 12.8. The molecule has 0 radical (unpaired) electrons. The highest BCUT2D eigenvalue weighted by molar-refractivity contribution is 5.94. The number of amides is 3. The highest BCUT2D eigenvalue weighted by atomic mass is 16.2. The van der Waals surface area contributed by atoms with Gasteiger partial charge in [0, 0.05) is 51.0 Å². The summed E-state index contributed by atoms with van der Waals surface area (Å²) in [5.41, 5.74) is 9.10. The third-order valence-electron chi connectivity index (χ3n) is 5.62. The quantitative estimate of drug-likeness (QED) is 0.835. The molecule has 3 heterocycles. The van der Waals surface area contributed by atoms with Gasteiger partial charge in [0.05, 0.1) is 11.9 Å². The lowest BCUT2D eigenvalue weighted by molar-refractivity contribution is 0.0999. The van der Waals surface area contributed by atoms with E-state index in [0.29, 0.717) is 25.1 Å². The van der Waals surface area contributed by atoms with Crippen molar-refractivity contribution in [1.82, 2.24) is 20.0 Å². The van der Waals surface area contributed by atoms with Crippen molar-refractivity contribution in [3.05, 3.63) is 47.3 Å². The van der Waals surface area contributed by atoms with Crippen LogP contribution in [0.15, 0.2) is 30.6 Å². The Morgan fingerprint density at radius 3 is 2.89 bits per heavy atom. The Morgan fingerprint density at radius 1 is 1.29 bits per heavy atom. The number of rotatable bonds is 3. The number of aryl methyl sites for hydroxylation is 1. The molecule has 0 bridgehead atoms. The van der Waals surface area contributed by atoms with Gasteiger partial charge in [-0.1, -0.05) is 12.1 Å². The molecular formula is C20H26N6O2. The molecule has 1 fully saturated rings. The lowest BCUT2D eigenvalue weighted by Crippen LogP contribution is -2.52. The largest absolute Gasteiger partial charge is 0.367 e. The first-order valence-electron chi connectivity index (χ1n) is 9.71. The van der Waals surface area contributed by atoms with E-state index < -0.39 is 5.91 Å². The standard InChI is InChI=1S/C20H26N6O2/c1-24-13-16(10-22-24)25-8-3-5-15(12-25)23-20(28)26-9-7-17-14(11-26)4-2-6-18(17)19(21)27/h2,4,6,10,13,15H,3,5,7-9,11-12H2,1H3,(H2,21,27)(H,23,28). The van der Waals surface area contributed by atoms with Gasteiger partial charge in [-0.2, -0.15) is 5.10 Å². The predicted octanol–water partition coefficient (Wildman–Crippen LogP) is 1.26. The van der Waals surface area contributed by atoms with Crippen LogP contribution in [0.1, 0.15) is 34.3 Å². The van der Waals surface area contributed by atoms with Crippen LogP contribution in [0.5, 0.6) is 0 Å². The molecular weight excluding hydrogens is 356 g/mol. The molecule has 8 heteroatoms. The molecule has 2 aliphatic heterocycles. The normalized spacial score (nSPS) is 19.2. The van der Waals surface area contributed by atoms with Crippen molar-refractivity contribution in [1.29, 1.82) is 0 Å². The zero-order chi connectivity index (χ0) is 19.7. The molecule has 3 amide bonds. The fraction of sp³-hybridized carbons (Fsp3) is 0.450. The van der Waals surface area contributed by atoms with Crippen LogP contribution in [0, 0.1) is 0 Å². The number of nitrogens with one attached hydrogen (secondary N) is 1. The maximum absolute atomic E-state index is 12.8. The molecule has 4 rings (SSSR count). The summed E-state index contributed by atoms with van der Waals surface area (Å²) in [5.74, 6) is -0.410. The van der Waals surface area contributed by atoms with Gasteiger partial charge in [-0.3, -0.25) is 9.48 Å². The Labute approximate surface area is 164 Å². The third kappa shape index (κ3) is 3.67. The average molecular weight is 382 g/mol. The van der Waals surface area contributed by atoms with E-state index >= 15 is 0 Å². The highest BCUT2D eigenvalue weighted by Gasteiger charge is 2.27. The fourth-order valence-electron chi connectivity index (χ4n) is 4.18. The van der Waals surface area contributed by atoms with Gasteiger partial charge in [0.15, 0.2) is 0 Å². The zero-order valence-corrected chi connectivity index (χ0v) is 16.1. The van der Waals surface area contributed by atoms with Crippen LogP contribution in [0.3, 0.4) is 0 Å². The van der Waals surface area contributed by atoms with Crippen molar-refractivity contribution < 1.29 is 9.59 Å². The van der Waals surface area contributed by atoms with Gasteiger partial charge in [-0.15, -0.1) is 0 Å². The maximum Gasteiger partial charge on any atom is 0.317 e. The molecule has 1 aromatic heterocycles. The number of piperidine rings is 1. The van der Waals surface area contributed by atoms with E-state index in [4.69, 9.17) is 5.73 Å². The number of carbonyl (C=O) groups excluding carboxylic acids is 2. The number of nitrogens with zero attached hydrogens (tertiary/aromatic N) is 4. The van der Waals surface area contributed by atoms with Crippen LogP contribution in [-0.2, 0) is 20.0 Å². The van der Waals surface area contributed by atoms with Crippen molar-refractivity contribution in [2.24, 2.45) is 12.8 Å². The summed E-state index contributed by atoms with van der Waals surface area (Å²) in [5, 5.41) is 7.43. The number of carbonyl (C=O) groups is 2. The number of fused-ring (bicyclic) bond motifs is 1. The van der Waals surface area contributed by atoms with Crippen LogP contribution in [0.25, 0.3) is 0 Å². The third-order valence-corrected chi connectivity index (χ3v) is 5.62. The molecule has 0 aliphatic carbocycles. The molecule has 0 spiro atoms. The minimum Gasteiger partial charge on any atom is -0.367 e. The first kappa shape index (κ1) is 18.3. The van der Waals surface area contributed by atoms with Crippen molar-refractivity contribution in [2.75, 3.05) is 24.5 Å². The number of nitrogens with two attached hydrogens (primary N) is 1. The van der Waals surface area contributed by atoms with Gasteiger partial charge in [0.1, 0.15) is 0 Å². The van der Waals surface area contributed by atoms with Gasteiger partial charge in [-0.05, 0) is 36.5 Å². The van der Waals surface area contributed by atoms with E-state index in [1.807, 2.05) is 36.5 Å². The van der Waals surface area contributed by atoms with Crippen LogP contribution in [0.4, 0.5) is 10.5 Å². The second-order valence-electron chi connectivity index (χ2n) is 7.59. The van der Waals surface area contributed by atoms with Crippen molar-refractivity contribution in [3.8, 4) is 0 Å². The van der Waals surface area contributed by atoms with Gasteiger partial charge in [0.25, 0.3) is 0 Å². The van der Waals surface area contributed by atoms with E-state index in [0.717, 1.165) is 42.7 Å². The zero-order valence-electron chi connectivity index (χ0n) is 16.1. The van der Waals surface area contributed by atoms with Crippen molar-refractivity contribution >= 4 is 17.6 Å². The van der Waals surface area contributed by atoms with Gasteiger partial charge in [0.2, 0.25) is 5.91 Å². The number of hydrogen-bond acceptors (Lipinski definition) is 4. The van der Waals surface area contributed by atoms with E-state index in [9.17, 15) is 9.59 Å². The predicted molar refractivity (Wildman–Crippen MR) is 106 cm³/mol. The molecule has 2 aliphatic rings. The topological polar surface area (TPSA) is 96.5 Å². The minimum absolute atomic E-state index is 0.0480. The first-order chi connectivity index (χ1) is 13.5. The Hall–Kier alpha value is -3.03. The summed E-state index contributed by atoms with van der Waals surface area (Å²) in [7, 11) is 1.91. The molecule has 148 valence electrons. The summed E-state index contributed by atoms with van der Waals surface area (Å²) in [6.07, 6.45) is 6.52. The minimum atomic E-state index is -0.410. The molecule has 1 atom stereocenters. The van der Waals surface area contributed by atoms with E-state index in [2.05, 4.69) is 15.3 Å². The lowest BCUT2D eigenvalue weighted by atomic mass is 9.94. The van der Waals surface area contributed by atoms with Crippen LogP contribution in [-0.4, -0.2) is 52.3 Å². The second-order valence-corrected chi connectivity index (χ2v) is 7.59. The average Bonchev–Trinajstić information content (AvgIpc) is 3.13. The number of hydrogen-bond donors (Lipinski definition) is 2. The monoisotopic (exact) mass is 382 g/mol. The Bertz CT molecular complexity index is 893. The van der Waals surface area contributed by atoms with Crippen LogP contribution < -0.4 is 16.0 Å². The Balaban J connectivity index is 1.39. The summed E-state index contributed by atoms with van der Waals surface area (Å²) in [6.45, 7) is 2.85. The second kappa shape index (κ2) is 7.53. The molecule has 1 saturated heterocycles. The van der Waals surface area contributed by atoms with Crippen molar-refractivity contribution in [3.63, 3.8) is 0 Å². The van der Waals surface area contributed by atoms with Gasteiger partial charge in [-0.25, -0.2) is 4.79 Å².